The highest BCUT2D eigenvalue weighted by Crippen LogP contribution is 2.43. The van der Waals surface area contributed by atoms with Gasteiger partial charge in [-0.2, -0.15) is 0 Å². The average molecular weight is 270 g/mol. The van der Waals surface area contributed by atoms with Crippen molar-refractivity contribution in [3.63, 3.8) is 0 Å². The average Bonchev–Trinajstić information content (AvgIpc) is 2.93. The third-order valence-corrected chi connectivity index (χ3v) is 3.94. The first-order valence-electron chi connectivity index (χ1n) is 6.81. The first-order chi connectivity index (χ1) is 9.00. The van der Waals surface area contributed by atoms with Crippen LogP contribution in [0.5, 0.6) is 0 Å². The lowest BCUT2D eigenvalue weighted by Gasteiger charge is -2.24. The first-order valence-corrected chi connectivity index (χ1v) is 6.81. The van der Waals surface area contributed by atoms with Gasteiger partial charge in [0.05, 0.1) is 24.0 Å². The van der Waals surface area contributed by atoms with Crippen LogP contribution in [0.4, 0.5) is 0 Å². The maximum absolute atomic E-state index is 12.1. The second-order valence-electron chi connectivity index (χ2n) is 5.63. The highest BCUT2D eigenvalue weighted by Gasteiger charge is 2.55. The van der Waals surface area contributed by atoms with Gasteiger partial charge < -0.3 is 20.1 Å². The van der Waals surface area contributed by atoms with Crippen molar-refractivity contribution in [2.75, 3.05) is 27.2 Å². The van der Waals surface area contributed by atoms with E-state index in [0.717, 1.165) is 25.8 Å². The molecule has 19 heavy (non-hydrogen) atoms. The molecule has 2 saturated heterocycles. The fourth-order valence-corrected chi connectivity index (χ4v) is 3.05. The molecule has 1 amide bonds. The Hall–Kier alpha value is -1.14. The molecular formula is C13H22N2O4. The molecule has 0 aromatic heterocycles. The molecule has 2 fully saturated rings. The molecule has 0 aromatic rings. The number of ether oxygens (including phenoxy) is 1. The quantitative estimate of drug-likeness (QED) is 0.661. The fraction of sp³-hybridized carbons (Fsp3) is 0.846. The number of carbonyl (C=O) groups is 2. The highest BCUT2D eigenvalue weighted by molar-refractivity contribution is 5.86. The largest absolute Gasteiger partial charge is 0.481 e. The normalized spacial score (nSPS) is 32.8. The Bertz CT molecular complexity index is 359. The minimum Gasteiger partial charge on any atom is -0.481 e. The molecule has 4 atom stereocenters. The van der Waals surface area contributed by atoms with Gasteiger partial charge in [-0.25, -0.2) is 0 Å². The zero-order valence-corrected chi connectivity index (χ0v) is 11.5. The molecule has 2 N–H and O–H groups in total. The van der Waals surface area contributed by atoms with Crippen molar-refractivity contribution in [2.24, 2.45) is 11.8 Å². The predicted molar refractivity (Wildman–Crippen MR) is 68.7 cm³/mol. The van der Waals surface area contributed by atoms with Crippen LogP contribution in [-0.4, -0.2) is 61.3 Å². The monoisotopic (exact) mass is 270 g/mol. The van der Waals surface area contributed by atoms with Gasteiger partial charge in [-0.1, -0.05) is 0 Å². The second kappa shape index (κ2) is 5.88. The van der Waals surface area contributed by atoms with Gasteiger partial charge in [0.2, 0.25) is 5.91 Å². The number of fused-ring (bicyclic) bond motifs is 2. The lowest BCUT2D eigenvalue weighted by molar-refractivity contribution is -0.147. The van der Waals surface area contributed by atoms with Crippen LogP contribution >= 0.6 is 0 Å². The van der Waals surface area contributed by atoms with Gasteiger partial charge in [-0.3, -0.25) is 9.59 Å². The van der Waals surface area contributed by atoms with Gasteiger partial charge in [-0.15, -0.1) is 0 Å². The Kier molecular flexibility index (Phi) is 4.42. The summed E-state index contributed by atoms with van der Waals surface area (Å²) >= 11 is 0. The van der Waals surface area contributed by atoms with Gasteiger partial charge in [0.1, 0.15) is 0 Å². The Balaban J connectivity index is 1.86. The van der Waals surface area contributed by atoms with Gasteiger partial charge >= 0.3 is 5.97 Å². The van der Waals surface area contributed by atoms with Crippen molar-refractivity contribution in [2.45, 2.75) is 31.5 Å². The molecule has 108 valence electrons. The van der Waals surface area contributed by atoms with E-state index in [1.165, 1.54) is 0 Å². The van der Waals surface area contributed by atoms with Crippen LogP contribution in [0.1, 0.15) is 19.3 Å². The van der Waals surface area contributed by atoms with Crippen LogP contribution in [0.15, 0.2) is 0 Å². The van der Waals surface area contributed by atoms with Crippen LogP contribution < -0.4 is 5.32 Å². The number of rotatable bonds is 6. The highest BCUT2D eigenvalue weighted by atomic mass is 16.5. The maximum atomic E-state index is 12.1. The molecule has 2 bridgehead atoms. The van der Waals surface area contributed by atoms with E-state index in [4.69, 9.17) is 4.74 Å². The van der Waals surface area contributed by atoms with Gasteiger partial charge in [0.25, 0.3) is 0 Å². The van der Waals surface area contributed by atoms with Crippen molar-refractivity contribution in [3.8, 4) is 0 Å². The Morgan fingerprint density at radius 3 is 2.47 bits per heavy atom. The number of carboxylic acids is 1. The number of nitrogens with one attached hydrogen (secondary N) is 1. The standard InChI is InChI=1S/C13H22N2O4/c1-15(2)7-3-6-14-12(16)10-8-4-5-9(19-8)11(10)13(17)18/h8-11H,3-7H2,1-2H3,(H,14,16)(H,17,18)/t8-,9+,10?,11?/m0/s1. The fourth-order valence-electron chi connectivity index (χ4n) is 3.05. The van der Waals surface area contributed by atoms with Crippen LogP contribution in [0.2, 0.25) is 0 Å². The third-order valence-electron chi connectivity index (χ3n) is 3.94. The molecule has 2 aliphatic rings. The van der Waals surface area contributed by atoms with Crippen LogP contribution in [0.3, 0.4) is 0 Å². The predicted octanol–water partition coefficient (Wildman–Crippen LogP) is -0.0675. The molecule has 0 radical (unpaired) electrons. The van der Waals surface area contributed by atoms with Crippen LogP contribution in [0, 0.1) is 11.8 Å². The molecule has 0 spiro atoms. The summed E-state index contributed by atoms with van der Waals surface area (Å²) in [7, 11) is 3.96. The Morgan fingerprint density at radius 1 is 1.26 bits per heavy atom. The van der Waals surface area contributed by atoms with E-state index in [1.807, 2.05) is 19.0 Å². The van der Waals surface area contributed by atoms with Crippen molar-refractivity contribution in [3.05, 3.63) is 0 Å². The number of nitrogens with zero attached hydrogens (tertiary/aromatic N) is 1. The zero-order valence-electron chi connectivity index (χ0n) is 11.5. The van der Waals surface area contributed by atoms with E-state index >= 15 is 0 Å². The number of carbonyl (C=O) groups excluding carboxylic acids is 1. The van der Waals surface area contributed by atoms with E-state index < -0.39 is 17.8 Å². The molecule has 0 aromatic carbocycles. The molecule has 0 aliphatic carbocycles. The van der Waals surface area contributed by atoms with Gasteiger partial charge in [-0.05, 0) is 39.9 Å². The number of amides is 1. The summed E-state index contributed by atoms with van der Waals surface area (Å²) in [6.45, 7) is 1.48. The SMILES string of the molecule is CN(C)CCCNC(=O)C1C(C(=O)O)[C@H]2CC[C@@H]1O2. The minimum atomic E-state index is -0.916. The van der Waals surface area contributed by atoms with Crippen molar-refractivity contribution in [1.82, 2.24) is 10.2 Å². The summed E-state index contributed by atoms with van der Waals surface area (Å²) in [6, 6.07) is 0. The van der Waals surface area contributed by atoms with E-state index in [9.17, 15) is 14.7 Å². The molecule has 6 heteroatoms. The van der Waals surface area contributed by atoms with E-state index in [2.05, 4.69) is 5.32 Å². The lowest BCUT2D eigenvalue weighted by Crippen LogP contribution is -2.44. The van der Waals surface area contributed by atoms with E-state index in [1.54, 1.807) is 0 Å². The second-order valence-corrected chi connectivity index (χ2v) is 5.63. The van der Waals surface area contributed by atoms with E-state index in [0.29, 0.717) is 6.54 Å². The summed E-state index contributed by atoms with van der Waals surface area (Å²) in [4.78, 5) is 25.4. The smallest absolute Gasteiger partial charge is 0.310 e. The molecule has 2 rings (SSSR count). The summed E-state index contributed by atoms with van der Waals surface area (Å²) in [5.74, 6) is -2.28. The summed E-state index contributed by atoms with van der Waals surface area (Å²) in [5, 5.41) is 12.1. The Morgan fingerprint density at radius 2 is 1.89 bits per heavy atom. The van der Waals surface area contributed by atoms with Crippen molar-refractivity contribution < 1.29 is 19.4 Å². The summed E-state index contributed by atoms with van der Waals surface area (Å²) in [5.41, 5.74) is 0. The topological polar surface area (TPSA) is 78.9 Å². The molecule has 2 heterocycles. The molecule has 0 saturated carbocycles. The molecular weight excluding hydrogens is 248 g/mol. The lowest BCUT2D eigenvalue weighted by atomic mass is 9.79. The molecule has 6 nitrogen and oxygen atoms in total. The molecule has 2 unspecified atom stereocenters. The number of carboxylic acid groups (broad SMARTS) is 1. The summed E-state index contributed by atoms with van der Waals surface area (Å²) in [6.07, 6.45) is 1.92. The zero-order chi connectivity index (χ0) is 14.0. The van der Waals surface area contributed by atoms with Crippen molar-refractivity contribution >= 4 is 11.9 Å². The van der Waals surface area contributed by atoms with E-state index in [-0.39, 0.29) is 18.1 Å². The van der Waals surface area contributed by atoms with Crippen molar-refractivity contribution in [1.29, 1.82) is 0 Å². The number of aliphatic carboxylic acids is 1. The minimum absolute atomic E-state index is 0.168. The van der Waals surface area contributed by atoms with Crippen LogP contribution in [-0.2, 0) is 14.3 Å². The van der Waals surface area contributed by atoms with Gasteiger partial charge in [0.15, 0.2) is 0 Å². The van der Waals surface area contributed by atoms with Gasteiger partial charge in [0, 0.05) is 6.54 Å². The number of hydrogen-bond donors (Lipinski definition) is 2. The molecule has 2 aliphatic heterocycles. The first kappa shape index (κ1) is 14.3. The summed E-state index contributed by atoms with van der Waals surface area (Å²) < 4.78 is 5.57. The maximum Gasteiger partial charge on any atom is 0.310 e. The third kappa shape index (κ3) is 3.06. The number of hydrogen-bond acceptors (Lipinski definition) is 4. The Labute approximate surface area is 113 Å². The van der Waals surface area contributed by atoms with Crippen LogP contribution in [0.25, 0.3) is 0 Å².